The number of benzene rings is 5. The van der Waals surface area contributed by atoms with E-state index in [0.29, 0.717) is 31.5 Å². The number of hydrogen-bond acceptors (Lipinski definition) is 12. The summed E-state index contributed by atoms with van der Waals surface area (Å²) in [6, 6.07) is 16.4. The lowest BCUT2D eigenvalue weighted by Gasteiger charge is -2.41. The summed E-state index contributed by atoms with van der Waals surface area (Å²) in [5.74, 6) is 2.35. The van der Waals surface area contributed by atoms with Gasteiger partial charge in [0.1, 0.15) is 5.82 Å². The Morgan fingerprint density at radius 1 is 0.510 bits per heavy atom. The molecule has 5 aromatic carbocycles. The molecule has 98 heavy (non-hydrogen) atoms. The molecule has 1 aliphatic heterocycles. The number of fused-ring (bicyclic) bond motifs is 8. The minimum atomic E-state index is -0.919. The van der Waals surface area contributed by atoms with Crippen molar-refractivity contribution in [3.63, 3.8) is 0 Å². The third-order valence-electron chi connectivity index (χ3n) is 23.6. The summed E-state index contributed by atoms with van der Waals surface area (Å²) >= 11 is 30.6. The van der Waals surface area contributed by atoms with E-state index in [0.717, 1.165) is 147 Å². The van der Waals surface area contributed by atoms with Gasteiger partial charge in [-0.3, -0.25) is 30.4 Å². The summed E-state index contributed by atoms with van der Waals surface area (Å²) in [5, 5.41) is 96.2. The number of nitrogens with zero attached hydrogens (tertiary/aromatic N) is 7. The number of aromatic amines is 5. The van der Waals surface area contributed by atoms with Crippen LogP contribution in [0.3, 0.4) is 0 Å². The lowest BCUT2D eigenvalue weighted by molar-refractivity contribution is -0.00980. The maximum Gasteiger partial charge on any atom is 0.149 e. The van der Waals surface area contributed by atoms with Crippen molar-refractivity contribution in [2.75, 3.05) is 27.2 Å². The number of aromatic nitrogens is 10. The molecule has 23 heteroatoms. The van der Waals surface area contributed by atoms with Gasteiger partial charge in [0, 0.05) is 91.3 Å². The molecule has 6 heterocycles. The summed E-state index contributed by atoms with van der Waals surface area (Å²) in [6.45, 7) is 16.5. The highest BCUT2D eigenvalue weighted by Gasteiger charge is 2.55. The average molecular weight is 1440 g/mol. The average Bonchev–Trinajstić information content (AvgIpc) is 1.55. The number of aliphatic hydroxyl groups excluding tert-OH is 5. The van der Waals surface area contributed by atoms with E-state index in [9.17, 15) is 29.9 Å². The number of nitrogens with one attached hydrogen (secondary N) is 5. The SMILES string of the molecule is CC(C)(C(O)c1cc(Cl)cc2cn[nH]c12)N1CCCC1.CC(C)(C1CCCCC1)C(O)c1c(F)c(Cl)cc2cn[nH]c12.CC1(C(O)c2cc(Cl)cc3cn[nH]c23)CC2CC2C1.CN(C)C(C)(C)C(O)c1cc(Cl)cc2cn[nH]c12.OC(c1cc(Cl)cc2cn[nH]c12)C12CCC(CC1)C2. The standard InChI is InChI=1S/C17H22ClFN2O.C15H20ClN3O.2C15H17ClN2O.C13H18ClN3O/c1-17(2,11-6-4-3-5-7-11)16(22)13-14(19)12(18)8-10-9-20-21-15(10)13;1-15(2,19-5-3-4-6-19)14(20)12-8-11(16)7-10-9-17-18-13(10)12;1-15(5-8-2-9(8)6-15)14(19)12-4-11(16)3-10-7-17-18-13(10)12;16-11-5-10-8-17-18-13(10)12(6-11)14(19)15-3-1-9(7-15)2-4-15;1-13(2,17(3)4)12(18)10-6-9(14)5-8-7-15-16-11(8)10/h8-9,11,16,22H,3-7H2,1-2H3,(H,20,21);7-9,14,20H,3-6H2,1-2H3,(H,17,18);3-4,7-9,14,19H,2,5-6H2,1H3,(H,17,18);5-6,8-9,14,19H,1-4,7H2,(H,17,18);5-7,12,18H,1-4H3,(H,15,16). The predicted molar refractivity (Wildman–Crippen MR) is 391 cm³/mol. The van der Waals surface area contributed by atoms with Crippen molar-refractivity contribution < 1.29 is 29.9 Å². The molecule has 0 spiro atoms. The third kappa shape index (κ3) is 14.4. The Kier molecular flexibility index (Phi) is 21.2. The van der Waals surface area contributed by atoms with E-state index < -0.39 is 47.3 Å². The van der Waals surface area contributed by atoms with Gasteiger partial charge in [0.05, 0.1) is 94.1 Å². The van der Waals surface area contributed by atoms with Crippen molar-refractivity contribution in [2.45, 2.75) is 186 Å². The number of aliphatic hydroxyl groups is 5. The second-order valence-electron chi connectivity index (χ2n) is 31.1. The van der Waals surface area contributed by atoms with Gasteiger partial charge in [-0.25, -0.2) is 4.39 Å². The second-order valence-corrected chi connectivity index (χ2v) is 33.3. The first kappa shape index (κ1) is 72.3. The van der Waals surface area contributed by atoms with Gasteiger partial charge in [-0.05, 0) is 221 Å². The Morgan fingerprint density at radius 2 is 0.918 bits per heavy atom. The molecule has 5 aromatic heterocycles. The van der Waals surface area contributed by atoms with E-state index in [2.05, 4.69) is 76.7 Å². The van der Waals surface area contributed by atoms with Crippen LogP contribution in [0.2, 0.25) is 25.1 Å². The van der Waals surface area contributed by atoms with E-state index in [1.165, 1.54) is 51.4 Å². The topological polar surface area (TPSA) is 251 Å². The van der Waals surface area contributed by atoms with E-state index >= 15 is 0 Å². The van der Waals surface area contributed by atoms with Gasteiger partial charge in [0.15, 0.2) is 0 Å². The number of likely N-dealkylation sites (tertiary alicyclic amines) is 1. The van der Waals surface area contributed by atoms with Crippen molar-refractivity contribution >= 4 is 113 Å². The zero-order valence-electron chi connectivity index (χ0n) is 57.4. The van der Waals surface area contributed by atoms with E-state index in [-0.39, 0.29) is 27.0 Å². The minimum Gasteiger partial charge on any atom is -0.388 e. The lowest BCUT2D eigenvalue weighted by atomic mass is 9.66. The van der Waals surface area contributed by atoms with Crippen molar-refractivity contribution in [1.29, 1.82) is 0 Å². The van der Waals surface area contributed by atoms with Crippen LogP contribution in [0.25, 0.3) is 54.5 Å². The molecule has 10 N–H and O–H groups in total. The Bertz CT molecular complexity index is 4420. The number of hydrogen-bond donors (Lipinski definition) is 10. The Balaban J connectivity index is 0.000000117. The van der Waals surface area contributed by atoms with Crippen molar-refractivity contribution in [3.05, 3.63) is 144 Å². The molecule has 0 radical (unpaired) electrons. The predicted octanol–water partition coefficient (Wildman–Crippen LogP) is 18.2. The Hall–Kier alpha value is -5.45. The van der Waals surface area contributed by atoms with Crippen LogP contribution in [0.5, 0.6) is 0 Å². The van der Waals surface area contributed by atoms with Gasteiger partial charge in [0.2, 0.25) is 0 Å². The number of likely N-dealkylation sites (N-methyl/N-ethyl adjacent to an activating group) is 1. The first-order valence-electron chi connectivity index (χ1n) is 34.6. The van der Waals surface area contributed by atoms with Crippen LogP contribution < -0.4 is 0 Å². The molecule has 2 bridgehead atoms. The molecule has 526 valence electrons. The first-order chi connectivity index (χ1) is 46.5. The molecular formula is C75H94Cl5FN12O5. The normalized spacial score (nSPS) is 23.4. The molecule has 7 atom stereocenters. The van der Waals surface area contributed by atoms with Gasteiger partial charge in [0.25, 0.3) is 0 Å². The molecule has 5 aliphatic carbocycles. The summed E-state index contributed by atoms with van der Waals surface area (Å²) in [7, 11) is 3.88. The van der Waals surface area contributed by atoms with Gasteiger partial charge in [-0.1, -0.05) is 98.0 Å². The van der Waals surface area contributed by atoms with E-state index in [1.54, 1.807) is 43.1 Å². The fourth-order valence-corrected chi connectivity index (χ4v) is 18.1. The highest BCUT2D eigenvalue weighted by atomic mass is 35.5. The smallest absolute Gasteiger partial charge is 0.149 e. The quantitative estimate of drug-likeness (QED) is 0.0518. The van der Waals surface area contributed by atoms with Crippen LogP contribution in [0.15, 0.2) is 85.6 Å². The summed E-state index contributed by atoms with van der Waals surface area (Å²) in [6.07, 6.45) is 23.2. The van der Waals surface area contributed by atoms with Gasteiger partial charge < -0.3 is 30.4 Å². The Labute approximate surface area is 597 Å². The fourth-order valence-electron chi connectivity index (χ4n) is 16.9. The molecule has 1 saturated heterocycles. The summed E-state index contributed by atoms with van der Waals surface area (Å²) in [5.41, 5.74) is 6.67. The van der Waals surface area contributed by atoms with Crippen LogP contribution >= 0.6 is 58.0 Å². The molecule has 0 amide bonds. The molecular weight excluding hydrogens is 1350 g/mol. The van der Waals surface area contributed by atoms with Gasteiger partial charge in [-0.15, -0.1) is 0 Å². The maximum absolute atomic E-state index is 14.6. The number of H-pyrrole nitrogens is 5. The molecule has 16 rings (SSSR count). The lowest BCUT2D eigenvalue weighted by Crippen LogP contribution is -2.46. The third-order valence-corrected chi connectivity index (χ3v) is 24.8. The molecule has 6 fully saturated rings. The summed E-state index contributed by atoms with van der Waals surface area (Å²) in [4.78, 5) is 4.33. The van der Waals surface area contributed by atoms with Gasteiger partial charge in [-0.2, -0.15) is 25.5 Å². The van der Waals surface area contributed by atoms with E-state index in [4.69, 9.17) is 58.0 Å². The molecule has 6 aliphatic rings. The van der Waals surface area contributed by atoms with E-state index in [1.807, 2.05) is 89.2 Å². The highest BCUT2D eigenvalue weighted by molar-refractivity contribution is 6.33. The second kappa shape index (κ2) is 28.8. The highest BCUT2D eigenvalue weighted by Crippen LogP contribution is 2.64. The van der Waals surface area contributed by atoms with Crippen LogP contribution in [-0.2, 0) is 0 Å². The first-order valence-corrected chi connectivity index (χ1v) is 36.5. The Morgan fingerprint density at radius 3 is 1.36 bits per heavy atom. The van der Waals surface area contributed by atoms with Crippen LogP contribution in [0, 0.1) is 45.7 Å². The van der Waals surface area contributed by atoms with Crippen LogP contribution in [-0.4, -0.2) is 125 Å². The number of halogens is 6. The zero-order valence-corrected chi connectivity index (χ0v) is 61.2. The fraction of sp³-hybridized carbons (Fsp3) is 0.533. The summed E-state index contributed by atoms with van der Waals surface area (Å²) < 4.78 is 14.6. The maximum atomic E-state index is 14.6. The largest absolute Gasteiger partial charge is 0.388 e. The van der Waals surface area contributed by atoms with Crippen LogP contribution in [0.1, 0.15) is 203 Å². The minimum absolute atomic E-state index is 0.0176. The van der Waals surface area contributed by atoms with Crippen molar-refractivity contribution in [3.8, 4) is 0 Å². The van der Waals surface area contributed by atoms with Crippen molar-refractivity contribution in [1.82, 2.24) is 60.8 Å². The number of rotatable bonds is 13. The monoisotopic (exact) mass is 1440 g/mol. The molecule has 5 saturated carbocycles. The van der Waals surface area contributed by atoms with Crippen LogP contribution in [0.4, 0.5) is 4.39 Å². The molecule has 10 aromatic rings. The zero-order chi connectivity index (χ0) is 70.0. The molecule has 7 unspecified atom stereocenters. The van der Waals surface area contributed by atoms with Gasteiger partial charge >= 0.3 is 0 Å². The van der Waals surface area contributed by atoms with Crippen molar-refractivity contribution in [2.24, 2.45) is 39.9 Å². The molecule has 17 nitrogen and oxygen atoms in total.